The molecule has 4 aromatic carbocycles. The number of amidine groups is 1. The van der Waals surface area contributed by atoms with Crippen molar-refractivity contribution in [3.63, 3.8) is 0 Å². The fraction of sp³-hybridized carbons (Fsp3) is 0.152. The van der Waals surface area contributed by atoms with Gasteiger partial charge in [0.05, 0.1) is 17.2 Å². The summed E-state index contributed by atoms with van der Waals surface area (Å²) in [6, 6.07) is 33.7. The molecule has 0 aromatic heterocycles. The van der Waals surface area contributed by atoms with Crippen molar-refractivity contribution >= 4 is 50.5 Å². The summed E-state index contributed by atoms with van der Waals surface area (Å²) in [6.07, 6.45) is 2.64. The Labute approximate surface area is 247 Å². The van der Waals surface area contributed by atoms with Crippen LogP contribution in [0.25, 0.3) is 6.08 Å². The van der Waals surface area contributed by atoms with Crippen LogP contribution in [-0.4, -0.2) is 29.1 Å². The van der Waals surface area contributed by atoms with E-state index in [1.807, 2.05) is 104 Å². The molecular formula is C33H29BrN2O3S. The molecule has 0 saturated carbocycles. The molecule has 1 saturated heterocycles. The summed E-state index contributed by atoms with van der Waals surface area (Å²) in [4.78, 5) is 20.8. The van der Waals surface area contributed by atoms with E-state index in [1.54, 1.807) is 4.90 Å². The zero-order chi connectivity index (χ0) is 27.7. The van der Waals surface area contributed by atoms with Crippen molar-refractivity contribution in [1.29, 1.82) is 0 Å². The van der Waals surface area contributed by atoms with Crippen LogP contribution < -0.4 is 9.47 Å². The summed E-state index contributed by atoms with van der Waals surface area (Å²) in [6.45, 7) is 3.42. The Morgan fingerprint density at radius 1 is 0.850 bits per heavy atom. The van der Waals surface area contributed by atoms with Gasteiger partial charge in [0.2, 0.25) is 0 Å². The molecule has 5 rings (SSSR count). The maximum absolute atomic E-state index is 13.6. The first-order valence-electron chi connectivity index (χ1n) is 13.1. The molecule has 0 bridgehead atoms. The number of aliphatic imine (C=N–C) groups is 1. The molecular weight excluding hydrogens is 584 g/mol. The molecule has 1 aliphatic rings. The molecule has 202 valence electrons. The van der Waals surface area contributed by atoms with Crippen molar-refractivity contribution in [3.05, 3.63) is 129 Å². The van der Waals surface area contributed by atoms with Gasteiger partial charge in [-0.2, -0.15) is 0 Å². The van der Waals surface area contributed by atoms with Crippen molar-refractivity contribution in [2.45, 2.75) is 20.0 Å². The van der Waals surface area contributed by atoms with Crippen LogP contribution in [0.15, 0.2) is 117 Å². The Morgan fingerprint density at radius 2 is 1.57 bits per heavy atom. The van der Waals surface area contributed by atoms with E-state index < -0.39 is 0 Å². The van der Waals surface area contributed by atoms with Crippen LogP contribution in [0, 0.1) is 0 Å². The van der Waals surface area contributed by atoms with Gasteiger partial charge < -0.3 is 9.47 Å². The second-order valence-corrected chi connectivity index (χ2v) is 11.0. The number of hydrogen-bond acceptors (Lipinski definition) is 5. The molecule has 5 nitrogen and oxygen atoms in total. The van der Waals surface area contributed by atoms with E-state index in [4.69, 9.17) is 14.5 Å². The summed E-state index contributed by atoms with van der Waals surface area (Å²) in [7, 11) is 0. The van der Waals surface area contributed by atoms with Crippen molar-refractivity contribution < 1.29 is 14.3 Å². The number of carbonyl (C=O) groups excluding carboxylic acids is 1. The lowest BCUT2D eigenvalue weighted by molar-refractivity contribution is -0.122. The van der Waals surface area contributed by atoms with E-state index in [1.165, 1.54) is 17.3 Å². The standard InChI is InChI=1S/C33H29BrN2O3S/c1-2-38-30-21-26(15-18-29(30)39-23-25-13-16-27(34)17-14-25)22-31-32(37)36(20-19-24-9-5-3-6-10-24)33(40-31)35-28-11-7-4-8-12-28/h3-18,21-22H,2,19-20,23H2,1H3/b31-22+,35-33?. The normalized spacial score (nSPS) is 15.2. The molecule has 1 amide bonds. The lowest BCUT2D eigenvalue weighted by Gasteiger charge is -2.15. The summed E-state index contributed by atoms with van der Waals surface area (Å²) in [5.74, 6) is 1.25. The molecule has 4 aromatic rings. The number of rotatable bonds is 10. The van der Waals surface area contributed by atoms with Crippen LogP contribution in [0.3, 0.4) is 0 Å². The van der Waals surface area contributed by atoms with Gasteiger partial charge in [0.25, 0.3) is 5.91 Å². The van der Waals surface area contributed by atoms with Crippen LogP contribution >= 0.6 is 27.7 Å². The molecule has 1 heterocycles. The minimum atomic E-state index is -0.0517. The van der Waals surface area contributed by atoms with Gasteiger partial charge >= 0.3 is 0 Å². The predicted octanol–water partition coefficient (Wildman–Crippen LogP) is 8.27. The SMILES string of the molecule is CCOc1cc(/C=C2/SC(=Nc3ccccc3)N(CCc3ccccc3)C2=O)ccc1OCc1ccc(Br)cc1. The van der Waals surface area contributed by atoms with Crippen LogP contribution in [0.5, 0.6) is 11.5 Å². The molecule has 0 atom stereocenters. The molecule has 0 spiro atoms. The maximum Gasteiger partial charge on any atom is 0.266 e. The number of halogens is 1. The zero-order valence-corrected chi connectivity index (χ0v) is 24.5. The number of nitrogens with zero attached hydrogens (tertiary/aromatic N) is 2. The number of para-hydroxylation sites is 1. The quantitative estimate of drug-likeness (QED) is 0.169. The number of hydrogen-bond donors (Lipinski definition) is 0. The highest BCUT2D eigenvalue weighted by Crippen LogP contribution is 2.36. The predicted molar refractivity (Wildman–Crippen MR) is 167 cm³/mol. The van der Waals surface area contributed by atoms with Gasteiger partial charge in [0.1, 0.15) is 6.61 Å². The fourth-order valence-corrected chi connectivity index (χ4v) is 5.47. The second-order valence-electron chi connectivity index (χ2n) is 9.09. The molecule has 0 radical (unpaired) electrons. The van der Waals surface area contributed by atoms with Crippen LogP contribution in [0.4, 0.5) is 5.69 Å². The second kappa shape index (κ2) is 13.5. The van der Waals surface area contributed by atoms with Gasteiger partial charge in [-0.25, -0.2) is 4.99 Å². The third-order valence-corrected chi connectivity index (χ3v) is 7.74. The summed E-state index contributed by atoms with van der Waals surface area (Å²) in [5.41, 5.74) is 3.91. The number of ether oxygens (including phenoxy) is 2. The van der Waals surface area contributed by atoms with Crippen LogP contribution in [0.2, 0.25) is 0 Å². The summed E-state index contributed by atoms with van der Waals surface area (Å²) in [5, 5.41) is 0.679. The third kappa shape index (κ3) is 7.23. The van der Waals surface area contributed by atoms with E-state index in [9.17, 15) is 4.79 Å². The van der Waals surface area contributed by atoms with Gasteiger partial charge in [-0.05, 0) is 84.3 Å². The Balaban J connectivity index is 1.38. The van der Waals surface area contributed by atoms with Crippen LogP contribution in [-0.2, 0) is 17.8 Å². The molecule has 40 heavy (non-hydrogen) atoms. The van der Waals surface area contributed by atoms with E-state index in [2.05, 4.69) is 28.1 Å². The third-order valence-electron chi connectivity index (χ3n) is 6.21. The first-order valence-corrected chi connectivity index (χ1v) is 14.7. The topological polar surface area (TPSA) is 51.1 Å². The van der Waals surface area contributed by atoms with E-state index in [-0.39, 0.29) is 5.91 Å². The van der Waals surface area contributed by atoms with E-state index in [0.717, 1.165) is 27.7 Å². The molecule has 0 unspecified atom stereocenters. The van der Waals surface area contributed by atoms with Gasteiger partial charge in [-0.15, -0.1) is 0 Å². The maximum atomic E-state index is 13.6. The van der Waals surface area contributed by atoms with Crippen molar-refractivity contribution in [1.82, 2.24) is 4.90 Å². The number of benzene rings is 4. The Kier molecular flexibility index (Phi) is 9.37. The van der Waals surface area contributed by atoms with Gasteiger partial charge in [-0.3, -0.25) is 9.69 Å². The monoisotopic (exact) mass is 612 g/mol. The first-order chi connectivity index (χ1) is 19.6. The Bertz CT molecular complexity index is 1510. The van der Waals surface area contributed by atoms with E-state index >= 15 is 0 Å². The lowest BCUT2D eigenvalue weighted by atomic mass is 10.1. The highest BCUT2D eigenvalue weighted by molar-refractivity contribution is 9.10. The molecule has 1 aliphatic heterocycles. The largest absolute Gasteiger partial charge is 0.490 e. The minimum absolute atomic E-state index is 0.0517. The molecule has 0 N–H and O–H groups in total. The number of carbonyl (C=O) groups is 1. The number of amides is 1. The highest BCUT2D eigenvalue weighted by atomic mass is 79.9. The van der Waals surface area contributed by atoms with Crippen molar-refractivity contribution in [2.24, 2.45) is 4.99 Å². The van der Waals surface area contributed by atoms with Crippen LogP contribution in [0.1, 0.15) is 23.6 Å². The molecule has 1 fully saturated rings. The zero-order valence-electron chi connectivity index (χ0n) is 22.1. The molecule has 7 heteroatoms. The average molecular weight is 614 g/mol. The van der Waals surface area contributed by atoms with Crippen molar-refractivity contribution in [2.75, 3.05) is 13.2 Å². The highest BCUT2D eigenvalue weighted by Gasteiger charge is 2.33. The fourth-order valence-electron chi connectivity index (χ4n) is 4.18. The summed E-state index contributed by atoms with van der Waals surface area (Å²) >= 11 is 4.86. The molecule has 0 aliphatic carbocycles. The summed E-state index contributed by atoms with van der Waals surface area (Å²) < 4.78 is 13.0. The van der Waals surface area contributed by atoms with Gasteiger partial charge in [0, 0.05) is 11.0 Å². The minimum Gasteiger partial charge on any atom is -0.490 e. The Hall–Kier alpha value is -3.81. The first kappa shape index (κ1) is 27.7. The van der Waals surface area contributed by atoms with Gasteiger partial charge in [0.15, 0.2) is 16.7 Å². The number of thioether (sulfide) groups is 1. The smallest absolute Gasteiger partial charge is 0.266 e. The lowest BCUT2D eigenvalue weighted by Crippen LogP contribution is -2.31. The average Bonchev–Trinajstić information content (AvgIpc) is 3.26. The Morgan fingerprint density at radius 3 is 2.30 bits per heavy atom. The van der Waals surface area contributed by atoms with Gasteiger partial charge in [-0.1, -0.05) is 82.7 Å². The van der Waals surface area contributed by atoms with E-state index in [0.29, 0.717) is 41.3 Å². The van der Waals surface area contributed by atoms with Crippen molar-refractivity contribution in [3.8, 4) is 11.5 Å².